The van der Waals surface area contributed by atoms with E-state index in [4.69, 9.17) is 26.3 Å². The summed E-state index contributed by atoms with van der Waals surface area (Å²) in [5.74, 6) is -2.44. The highest BCUT2D eigenvalue weighted by atomic mass is 35.5. The Morgan fingerprint density at radius 2 is 1.94 bits per heavy atom. The molecule has 18 heavy (non-hydrogen) atoms. The van der Waals surface area contributed by atoms with E-state index in [9.17, 15) is 12.8 Å². The van der Waals surface area contributed by atoms with Gasteiger partial charge in [-0.3, -0.25) is 0 Å². The molecule has 0 aromatic heterocycles. The summed E-state index contributed by atoms with van der Waals surface area (Å²) in [4.78, 5) is 0. The average molecular weight is 298 g/mol. The van der Waals surface area contributed by atoms with Gasteiger partial charge < -0.3 is 10.5 Å². The Bertz CT molecular complexity index is 559. The number of halogens is 2. The highest BCUT2D eigenvalue weighted by Crippen LogP contribution is 2.36. The summed E-state index contributed by atoms with van der Waals surface area (Å²) in [7, 11) is -3.74. The zero-order valence-electron chi connectivity index (χ0n) is 10.0. The van der Waals surface area contributed by atoms with Crippen LogP contribution in [0.1, 0.15) is 13.8 Å². The first-order valence-corrected chi connectivity index (χ1v) is 7.04. The number of anilines is 1. The van der Waals surface area contributed by atoms with E-state index < -0.39 is 21.7 Å². The molecular weight excluding hydrogens is 285 g/mol. The van der Waals surface area contributed by atoms with E-state index in [2.05, 4.69) is 0 Å². The van der Waals surface area contributed by atoms with Crippen molar-refractivity contribution in [3.63, 3.8) is 0 Å². The molecule has 0 heterocycles. The van der Waals surface area contributed by atoms with Gasteiger partial charge in [0.05, 0.1) is 11.9 Å². The van der Waals surface area contributed by atoms with Crippen molar-refractivity contribution < 1.29 is 21.7 Å². The Kier molecular flexibility index (Phi) is 4.09. The summed E-state index contributed by atoms with van der Waals surface area (Å²) in [6.45, 7) is 2.68. The molecule has 0 aliphatic heterocycles. The largest absolute Gasteiger partial charge is 0.458 e. The van der Waals surface area contributed by atoms with Crippen molar-refractivity contribution in [2.45, 2.75) is 19.6 Å². The maximum atomic E-state index is 13.2. The number of hydrogen-bond donors (Lipinski definition) is 1. The van der Waals surface area contributed by atoms with Crippen molar-refractivity contribution in [3.8, 4) is 5.75 Å². The zero-order valence-corrected chi connectivity index (χ0v) is 11.6. The van der Waals surface area contributed by atoms with E-state index in [-0.39, 0.29) is 16.5 Å². The SMILES string of the molecule is CC(C)(Oc1c(N)ccc(F)c1Cl)OS(C)(=O)=O. The molecule has 0 aliphatic carbocycles. The van der Waals surface area contributed by atoms with Gasteiger partial charge in [-0.2, -0.15) is 8.42 Å². The fourth-order valence-electron chi connectivity index (χ4n) is 1.28. The zero-order chi connectivity index (χ0) is 14.1. The normalized spacial score (nSPS) is 12.5. The highest BCUT2D eigenvalue weighted by Gasteiger charge is 2.28. The maximum Gasteiger partial charge on any atom is 0.267 e. The van der Waals surface area contributed by atoms with E-state index in [0.29, 0.717) is 0 Å². The quantitative estimate of drug-likeness (QED) is 0.523. The van der Waals surface area contributed by atoms with Crippen LogP contribution in [0.3, 0.4) is 0 Å². The van der Waals surface area contributed by atoms with Gasteiger partial charge in [-0.25, -0.2) is 8.57 Å². The first-order chi connectivity index (χ1) is 8.02. The molecule has 0 spiro atoms. The van der Waals surface area contributed by atoms with Gasteiger partial charge in [0.2, 0.25) is 5.79 Å². The predicted octanol–water partition coefficient (Wildman–Crippen LogP) is 2.15. The van der Waals surface area contributed by atoms with Gasteiger partial charge in [0.1, 0.15) is 10.8 Å². The monoisotopic (exact) mass is 297 g/mol. The van der Waals surface area contributed by atoms with Crippen molar-refractivity contribution in [2.75, 3.05) is 12.0 Å². The Morgan fingerprint density at radius 3 is 2.44 bits per heavy atom. The van der Waals surface area contributed by atoms with E-state index in [0.717, 1.165) is 12.3 Å². The third-order valence-electron chi connectivity index (χ3n) is 1.78. The molecule has 1 aromatic carbocycles. The van der Waals surface area contributed by atoms with Gasteiger partial charge >= 0.3 is 0 Å². The maximum absolute atomic E-state index is 13.2. The van der Waals surface area contributed by atoms with Gasteiger partial charge in [0.25, 0.3) is 10.1 Å². The third kappa shape index (κ3) is 4.01. The van der Waals surface area contributed by atoms with Crippen LogP contribution in [0.15, 0.2) is 12.1 Å². The fourth-order valence-corrected chi connectivity index (χ4v) is 2.25. The Balaban J connectivity index is 3.08. The molecule has 0 saturated heterocycles. The number of nitrogen functional groups attached to an aromatic ring is 1. The fraction of sp³-hybridized carbons (Fsp3) is 0.400. The summed E-state index contributed by atoms with van der Waals surface area (Å²) in [6.07, 6.45) is 0.870. The van der Waals surface area contributed by atoms with Crippen molar-refractivity contribution in [1.29, 1.82) is 0 Å². The summed E-state index contributed by atoms with van der Waals surface area (Å²) in [5, 5.41) is -0.333. The smallest absolute Gasteiger partial charge is 0.267 e. The molecule has 102 valence electrons. The third-order valence-corrected chi connectivity index (χ3v) is 2.84. The van der Waals surface area contributed by atoms with Crippen LogP contribution in [-0.2, 0) is 14.3 Å². The van der Waals surface area contributed by atoms with Crippen LogP contribution in [-0.4, -0.2) is 20.5 Å². The minimum atomic E-state index is -3.74. The van der Waals surface area contributed by atoms with Gasteiger partial charge in [0.15, 0.2) is 5.75 Å². The topological polar surface area (TPSA) is 78.6 Å². The number of benzene rings is 1. The van der Waals surface area contributed by atoms with Crippen LogP contribution in [0.4, 0.5) is 10.1 Å². The molecule has 0 bridgehead atoms. The summed E-state index contributed by atoms with van der Waals surface area (Å²) in [6, 6.07) is 2.34. The minimum absolute atomic E-state index is 0.0755. The summed E-state index contributed by atoms with van der Waals surface area (Å²) in [5.41, 5.74) is 5.66. The average Bonchev–Trinajstić information content (AvgIpc) is 2.15. The second-order valence-corrected chi connectivity index (χ2v) is 6.02. The Morgan fingerprint density at radius 1 is 1.39 bits per heavy atom. The van der Waals surface area contributed by atoms with Crippen molar-refractivity contribution in [3.05, 3.63) is 23.0 Å². The molecule has 2 N–H and O–H groups in total. The van der Waals surface area contributed by atoms with Crippen LogP contribution in [0.5, 0.6) is 5.75 Å². The number of rotatable bonds is 4. The lowest BCUT2D eigenvalue weighted by Crippen LogP contribution is -2.34. The van der Waals surface area contributed by atoms with Crippen molar-refractivity contribution in [1.82, 2.24) is 0 Å². The standard InChI is InChI=1S/C10H13ClFNO4S/c1-10(2,17-18(3,14)15)16-9-7(13)5-4-6(12)8(9)11/h4-5H,13H2,1-3H3. The van der Waals surface area contributed by atoms with Crippen LogP contribution in [0.2, 0.25) is 5.02 Å². The lowest BCUT2D eigenvalue weighted by atomic mass is 10.2. The Labute approximate surface area is 110 Å². The molecule has 1 rings (SSSR count). The highest BCUT2D eigenvalue weighted by molar-refractivity contribution is 7.86. The molecule has 8 heteroatoms. The molecule has 5 nitrogen and oxygen atoms in total. The lowest BCUT2D eigenvalue weighted by molar-refractivity contribution is -0.0749. The van der Waals surface area contributed by atoms with E-state index in [1.165, 1.54) is 19.9 Å². The van der Waals surface area contributed by atoms with Gasteiger partial charge in [-0.05, 0) is 12.1 Å². The predicted molar refractivity (Wildman–Crippen MR) is 66.5 cm³/mol. The minimum Gasteiger partial charge on any atom is -0.458 e. The molecule has 0 unspecified atom stereocenters. The van der Waals surface area contributed by atoms with E-state index >= 15 is 0 Å². The molecule has 0 atom stereocenters. The molecule has 1 aromatic rings. The molecule has 0 fully saturated rings. The van der Waals surface area contributed by atoms with Crippen molar-refractivity contribution in [2.24, 2.45) is 0 Å². The van der Waals surface area contributed by atoms with Crippen LogP contribution in [0, 0.1) is 5.82 Å². The van der Waals surface area contributed by atoms with Crippen LogP contribution >= 0.6 is 11.6 Å². The molecule has 0 aliphatic rings. The molecule has 0 radical (unpaired) electrons. The van der Waals surface area contributed by atoms with Gasteiger partial charge in [-0.15, -0.1) is 0 Å². The molecular formula is C10H13ClFNO4S. The second-order valence-electron chi connectivity index (χ2n) is 4.07. The Hall–Kier alpha value is -1.05. The second kappa shape index (κ2) is 4.91. The summed E-state index contributed by atoms with van der Waals surface area (Å²) >= 11 is 5.69. The molecule has 0 saturated carbocycles. The molecule has 0 amide bonds. The lowest BCUT2D eigenvalue weighted by Gasteiger charge is -2.26. The number of nitrogens with two attached hydrogens (primary N) is 1. The number of hydrogen-bond acceptors (Lipinski definition) is 5. The van der Waals surface area contributed by atoms with Gasteiger partial charge in [0, 0.05) is 13.8 Å². The summed E-state index contributed by atoms with van der Waals surface area (Å²) < 4.78 is 45.2. The van der Waals surface area contributed by atoms with Crippen LogP contribution in [0.25, 0.3) is 0 Å². The van der Waals surface area contributed by atoms with Crippen LogP contribution < -0.4 is 10.5 Å². The van der Waals surface area contributed by atoms with Gasteiger partial charge in [-0.1, -0.05) is 11.6 Å². The number of ether oxygens (including phenoxy) is 1. The van der Waals surface area contributed by atoms with E-state index in [1.807, 2.05) is 0 Å². The van der Waals surface area contributed by atoms with Crippen molar-refractivity contribution >= 4 is 27.4 Å². The first-order valence-electron chi connectivity index (χ1n) is 4.85. The first kappa shape index (κ1) is 15.0. The van der Waals surface area contributed by atoms with E-state index in [1.54, 1.807) is 0 Å².